The van der Waals surface area contributed by atoms with E-state index in [0.717, 1.165) is 6.42 Å². The Labute approximate surface area is 104 Å². The molecule has 0 aliphatic rings. The molecule has 0 unspecified atom stereocenters. The summed E-state index contributed by atoms with van der Waals surface area (Å²) in [6.45, 7) is 0.624. The number of aromatic nitrogens is 1. The Kier molecular flexibility index (Phi) is 4.10. The summed E-state index contributed by atoms with van der Waals surface area (Å²) in [6, 6.07) is 9.23. The molecule has 0 spiro atoms. The fraction of sp³-hybridized carbons (Fsp3) is 0.167. The number of hydrogen-bond donors (Lipinski definition) is 2. The lowest BCUT2D eigenvalue weighted by atomic mass is 10.3. The Morgan fingerprint density at radius 3 is 2.94 bits per heavy atom. The number of carbonyl (C=O) groups is 1. The minimum absolute atomic E-state index is 0.222. The maximum absolute atomic E-state index is 11.5. The van der Waals surface area contributed by atoms with Crippen LogP contribution < -0.4 is 10.6 Å². The van der Waals surface area contributed by atoms with Gasteiger partial charge in [-0.25, -0.2) is 9.78 Å². The second-order valence-corrected chi connectivity index (χ2v) is 4.46. The molecule has 2 aromatic heterocycles. The third-order valence-corrected chi connectivity index (χ3v) is 3.08. The quantitative estimate of drug-likeness (QED) is 0.872. The SMILES string of the molecule is O=C(NCCc1cccs1)Nc1ccccn1. The average molecular weight is 247 g/mol. The number of rotatable bonds is 4. The van der Waals surface area contributed by atoms with Gasteiger partial charge in [0.2, 0.25) is 0 Å². The lowest BCUT2D eigenvalue weighted by Gasteiger charge is -2.05. The van der Waals surface area contributed by atoms with Crippen molar-refractivity contribution in [2.24, 2.45) is 0 Å². The highest BCUT2D eigenvalue weighted by Crippen LogP contribution is 2.08. The van der Waals surface area contributed by atoms with E-state index in [1.807, 2.05) is 17.5 Å². The van der Waals surface area contributed by atoms with Crippen LogP contribution in [0.2, 0.25) is 0 Å². The van der Waals surface area contributed by atoms with E-state index in [-0.39, 0.29) is 6.03 Å². The van der Waals surface area contributed by atoms with Gasteiger partial charge in [-0.1, -0.05) is 12.1 Å². The number of anilines is 1. The molecule has 0 bridgehead atoms. The first-order valence-electron chi connectivity index (χ1n) is 5.33. The van der Waals surface area contributed by atoms with E-state index < -0.39 is 0 Å². The summed E-state index contributed by atoms with van der Waals surface area (Å²) < 4.78 is 0. The van der Waals surface area contributed by atoms with Crippen LogP contribution in [0.3, 0.4) is 0 Å². The highest BCUT2D eigenvalue weighted by Gasteiger charge is 2.01. The van der Waals surface area contributed by atoms with Crippen LogP contribution in [0.25, 0.3) is 0 Å². The van der Waals surface area contributed by atoms with Gasteiger partial charge in [0.15, 0.2) is 0 Å². The molecule has 2 N–H and O–H groups in total. The largest absolute Gasteiger partial charge is 0.337 e. The summed E-state index contributed by atoms with van der Waals surface area (Å²) in [5.41, 5.74) is 0. The van der Waals surface area contributed by atoms with Gasteiger partial charge in [-0.15, -0.1) is 11.3 Å². The molecule has 0 radical (unpaired) electrons. The first kappa shape index (κ1) is 11.6. The first-order chi connectivity index (χ1) is 8.34. The van der Waals surface area contributed by atoms with Crippen molar-refractivity contribution in [2.75, 3.05) is 11.9 Å². The van der Waals surface area contributed by atoms with Crippen molar-refractivity contribution >= 4 is 23.2 Å². The number of amides is 2. The molecule has 0 aromatic carbocycles. The van der Waals surface area contributed by atoms with Crippen LogP contribution in [0, 0.1) is 0 Å². The number of thiophene rings is 1. The van der Waals surface area contributed by atoms with Crippen molar-refractivity contribution in [3.8, 4) is 0 Å². The summed E-state index contributed by atoms with van der Waals surface area (Å²) in [7, 11) is 0. The predicted octanol–water partition coefficient (Wildman–Crippen LogP) is 2.51. The number of nitrogens with zero attached hydrogens (tertiary/aromatic N) is 1. The zero-order valence-corrected chi connectivity index (χ0v) is 10.0. The van der Waals surface area contributed by atoms with Crippen LogP contribution in [0.5, 0.6) is 0 Å². The zero-order chi connectivity index (χ0) is 11.9. The van der Waals surface area contributed by atoms with Crippen LogP contribution in [-0.2, 0) is 6.42 Å². The Hall–Kier alpha value is -1.88. The number of hydrogen-bond acceptors (Lipinski definition) is 3. The van der Waals surface area contributed by atoms with Crippen molar-refractivity contribution < 1.29 is 4.79 Å². The molecule has 0 aliphatic carbocycles. The Balaban J connectivity index is 1.71. The molecule has 2 aromatic rings. The van der Waals surface area contributed by atoms with Crippen LogP contribution in [0.15, 0.2) is 41.9 Å². The monoisotopic (exact) mass is 247 g/mol. The molecular weight excluding hydrogens is 234 g/mol. The Morgan fingerprint density at radius 2 is 2.24 bits per heavy atom. The van der Waals surface area contributed by atoms with Gasteiger partial charge in [-0.3, -0.25) is 5.32 Å². The van der Waals surface area contributed by atoms with E-state index in [4.69, 9.17) is 0 Å². The van der Waals surface area contributed by atoms with Crippen molar-refractivity contribution in [1.82, 2.24) is 10.3 Å². The van der Waals surface area contributed by atoms with Crippen molar-refractivity contribution in [3.63, 3.8) is 0 Å². The highest BCUT2D eigenvalue weighted by atomic mass is 32.1. The van der Waals surface area contributed by atoms with Crippen molar-refractivity contribution in [3.05, 3.63) is 46.8 Å². The van der Waals surface area contributed by atoms with Crippen LogP contribution in [0.4, 0.5) is 10.6 Å². The second kappa shape index (κ2) is 6.00. The molecule has 88 valence electrons. The van der Waals surface area contributed by atoms with Gasteiger partial charge in [0.1, 0.15) is 5.82 Å². The third-order valence-electron chi connectivity index (χ3n) is 2.14. The first-order valence-corrected chi connectivity index (χ1v) is 6.21. The Bertz CT molecular complexity index is 456. The minimum atomic E-state index is -0.222. The van der Waals surface area contributed by atoms with Gasteiger partial charge in [0.25, 0.3) is 0 Å². The lowest BCUT2D eigenvalue weighted by molar-refractivity contribution is 0.252. The molecule has 5 heteroatoms. The van der Waals surface area contributed by atoms with Gasteiger partial charge in [-0.05, 0) is 30.0 Å². The van der Waals surface area contributed by atoms with E-state index in [1.165, 1.54) is 4.88 Å². The van der Waals surface area contributed by atoms with E-state index in [9.17, 15) is 4.79 Å². The molecule has 0 atom stereocenters. The van der Waals surface area contributed by atoms with Crippen molar-refractivity contribution in [1.29, 1.82) is 0 Å². The molecule has 0 saturated carbocycles. The number of nitrogens with one attached hydrogen (secondary N) is 2. The molecule has 0 saturated heterocycles. The van der Waals surface area contributed by atoms with Crippen LogP contribution >= 0.6 is 11.3 Å². The zero-order valence-electron chi connectivity index (χ0n) is 9.22. The van der Waals surface area contributed by atoms with E-state index >= 15 is 0 Å². The van der Waals surface area contributed by atoms with Crippen LogP contribution in [-0.4, -0.2) is 17.6 Å². The predicted molar refractivity (Wildman–Crippen MR) is 69.3 cm³/mol. The highest BCUT2D eigenvalue weighted by molar-refractivity contribution is 7.09. The molecular formula is C12H13N3OS. The fourth-order valence-corrected chi connectivity index (χ4v) is 2.06. The van der Waals surface area contributed by atoms with Gasteiger partial charge in [-0.2, -0.15) is 0 Å². The van der Waals surface area contributed by atoms with Gasteiger partial charge >= 0.3 is 6.03 Å². The smallest absolute Gasteiger partial charge is 0.320 e. The number of pyridine rings is 1. The van der Waals surface area contributed by atoms with E-state index in [1.54, 1.807) is 29.7 Å². The standard InChI is InChI=1S/C12H13N3OS/c16-12(15-11-5-1-2-7-13-11)14-8-6-10-4-3-9-17-10/h1-5,7,9H,6,8H2,(H2,13,14,15,16). The number of urea groups is 1. The minimum Gasteiger partial charge on any atom is -0.337 e. The molecule has 2 rings (SSSR count). The van der Waals surface area contributed by atoms with Gasteiger partial charge in [0.05, 0.1) is 0 Å². The maximum atomic E-state index is 11.5. The summed E-state index contributed by atoms with van der Waals surface area (Å²) in [5, 5.41) is 7.48. The summed E-state index contributed by atoms with van der Waals surface area (Å²) >= 11 is 1.69. The fourth-order valence-electron chi connectivity index (χ4n) is 1.35. The average Bonchev–Trinajstić information content (AvgIpc) is 2.83. The van der Waals surface area contributed by atoms with Crippen LogP contribution in [0.1, 0.15) is 4.88 Å². The Morgan fingerprint density at radius 1 is 1.29 bits per heavy atom. The van der Waals surface area contributed by atoms with E-state index in [0.29, 0.717) is 12.4 Å². The van der Waals surface area contributed by atoms with Gasteiger partial charge in [0, 0.05) is 17.6 Å². The van der Waals surface area contributed by atoms with E-state index in [2.05, 4.69) is 21.7 Å². The lowest BCUT2D eigenvalue weighted by Crippen LogP contribution is -2.30. The summed E-state index contributed by atoms with van der Waals surface area (Å²) in [6.07, 6.45) is 2.49. The topological polar surface area (TPSA) is 54.0 Å². The summed E-state index contributed by atoms with van der Waals surface area (Å²) in [4.78, 5) is 16.8. The molecule has 2 heterocycles. The van der Waals surface area contributed by atoms with Gasteiger partial charge < -0.3 is 5.32 Å². The van der Waals surface area contributed by atoms with Crippen molar-refractivity contribution in [2.45, 2.75) is 6.42 Å². The molecule has 2 amide bonds. The second-order valence-electron chi connectivity index (χ2n) is 3.43. The summed E-state index contributed by atoms with van der Waals surface area (Å²) in [5.74, 6) is 0.557. The molecule has 0 fully saturated rings. The molecule has 0 aliphatic heterocycles. The number of carbonyl (C=O) groups excluding carboxylic acids is 1. The molecule has 4 nitrogen and oxygen atoms in total. The maximum Gasteiger partial charge on any atom is 0.320 e. The molecule has 17 heavy (non-hydrogen) atoms. The normalized spacial score (nSPS) is 9.88. The third kappa shape index (κ3) is 3.88.